The van der Waals surface area contributed by atoms with Crippen LogP contribution in [0.3, 0.4) is 0 Å². The van der Waals surface area contributed by atoms with Gasteiger partial charge in [-0.15, -0.1) is 0 Å². The number of aromatic nitrogens is 2. The summed E-state index contributed by atoms with van der Waals surface area (Å²) in [4.78, 5) is 38.0. The third kappa shape index (κ3) is 5.78. The highest BCUT2D eigenvalue weighted by Gasteiger charge is 2.42. The zero-order valence-electron chi connectivity index (χ0n) is 22.2. The summed E-state index contributed by atoms with van der Waals surface area (Å²) in [6, 6.07) is 3.76. The van der Waals surface area contributed by atoms with E-state index < -0.39 is 52.6 Å². The standard InChI is InChI=1S/C27H31F4N5O4/c1-14(17-7-8-19(36-11-3-4-21(36)37)23(28)22(17)27(29,30)31)24(38)32-20-13-18(34-35-20)15-5-6-16(12-15)40-25(39)33-26(2)9-10-26/h7-8,13-16H,3-6,9-12H2,1-2H3,(H,33,39)(H2,32,34,35,38)/t14?,15-,16-/m0/s1. The van der Waals surface area contributed by atoms with E-state index in [4.69, 9.17) is 4.74 Å². The van der Waals surface area contributed by atoms with Crippen molar-refractivity contribution in [1.82, 2.24) is 15.5 Å². The number of nitrogens with one attached hydrogen (secondary N) is 3. The first-order chi connectivity index (χ1) is 18.8. The van der Waals surface area contributed by atoms with Gasteiger partial charge >= 0.3 is 12.3 Å². The lowest BCUT2D eigenvalue weighted by molar-refractivity contribution is -0.141. The van der Waals surface area contributed by atoms with Crippen LogP contribution in [0.1, 0.15) is 87.4 Å². The van der Waals surface area contributed by atoms with E-state index in [2.05, 4.69) is 20.8 Å². The Morgan fingerprint density at radius 1 is 1.25 bits per heavy atom. The van der Waals surface area contributed by atoms with Crippen molar-refractivity contribution in [3.05, 3.63) is 40.8 Å². The fourth-order valence-electron chi connectivity index (χ4n) is 5.40. The molecule has 1 aromatic heterocycles. The summed E-state index contributed by atoms with van der Waals surface area (Å²) in [5, 5.41) is 12.3. The van der Waals surface area contributed by atoms with Gasteiger partial charge in [0, 0.05) is 36.2 Å². The molecule has 9 nitrogen and oxygen atoms in total. The Hall–Kier alpha value is -3.64. The topological polar surface area (TPSA) is 116 Å². The monoisotopic (exact) mass is 565 g/mol. The fourth-order valence-corrected chi connectivity index (χ4v) is 5.40. The van der Waals surface area contributed by atoms with Gasteiger partial charge in [-0.2, -0.15) is 18.3 Å². The van der Waals surface area contributed by atoms with Crippen molar-refractivity contribution >= 4 is 29.4 Å². The molecule has 3 atom stereocenters. The molecule has 2 heterocycles. The smallest absolute Gasteiger partial charge is 0.419 e. The molecular formula is C27H31F4N5O4. The first-order valence-electron chi connectivity index (χ1n) is 13.4. The van der Waals surface area contributed by atoms with Crippen molar-refractivity contribution in [3.8, 4) is 0 Å². The van der Waals surface area contributed by atoms with E-state index in [1.165, 1.54) is 6.92 Å². The number of nitrogens with zero attached hydrogens (tertiary/aromatic N) is 2. The van der Waals surface area contributed by atoms with Gasteiger partial charge in [0.1, 0.15) is 6.10 Å². The predicted octanol–water partition coefficient (Wildman–Crippen LogP) is 5.35. The highest BCUT2D eigenvalue weighted by atomic mass is 19.4. The second-order valence-electron chi connectivity index (χ2n) is 11.2. The van der Waals surface area contributed by atoms with Crippen LogP contribution in [-0.2, 0) is 20.5 Å². The van der Waals surface area contributed by atoms with Crippen LogP contribution < -0.4 is 15.5 Å². The maximum Gasteiger partial charge on any atom is 0.419 e. The number of halogens is 4. The molecule has 3 aliphatic rings. The highest BCUT2D eigenvalue weighted by Crippen LogP contribution is 2.42. The van der Waals surface area contributed by atoms with Crippen LogP contribution >= 0.6 is 0 Å². The molecular weight excluding hydrogens is 534 g/mol. The van der Waals surface area contributed by atoms with Gasteiger partial charge in [0.05, 0.1) is 17.2 Å². The van der Waals surface area contributed by atoms with Gasteiger partial charge in [0.2, 0.25) is 11.8 Å². The molecule has 3 amide bonds. The number of benzene rings is 1. The second-order valence-corrected chi connectivity index (χ2v) is 11.2. The van der Waals surface area contributed by atoms with E-state index in [0.29, 0.717) is 25.0 Å². The van der Waals surface area contributed by atoms with Crippen molar-refractivity contribution in [2.45, 2.75) is 88.4 Å². The molecule has 40 heavy (non-hydrogen) atoms. The number of aromatic amines is 1. The zero-order chi connectivity index (χ0) is 28.8. The number of ether oxygens (including phenoxy) is 1. The molecule has 216 valence electrons. The Morgan fingerprint density at radius 3 is 2.65 bits per heavy atom. The molecule has 1 unspecified atom stereocenters. The molecule has 2 saturated carbocycles. The summed E-state index contributed by atoms with van der Waals surface area (Å²) in [6.45, 7) is 3.34. The van der Waals surface area contributed by atoms with Crippen molar-refractivity contribution in [2.24, 2.45) is 0 Å². The van der Waals surface area contributed by atoms with E-state index in [0.717, 1.165) is 36.3 Å². The molecule has 1 aliphatic heterocycles. The normalized spacial score (nSPS) is 22.8. The minimum absolute atomic E-state index is 0.00310. The maximum atomic E-state index is 15.2. The molecule has 3 fully saturated rings. The van der Waals surface area contributed by atoms with E-state index >= 15 is 4.39 Å². The van der Waals surface area contributed by atoms with Gasteiger partial charge in [0.25, 0.3) is 0 Å². The number of anilines is 2. The van der Waals surface area contributed by atoms with E-state index in [1.807, 2.05) is 6.92 Å². The Morgan fingerprint density at radius 2 is 2.00 bits per heavy atom. The quantitative estimate of drug-likeness (QED) is 0.392. The van der Waals surface area contributed by atoms with Crippen molar-refractivity contribution < 1.29 is 36.7 Å². The number of amides is 3. The van der Waals surface area contributed by atoms with Gasteiger partial charge in [-0.3, -0.25) is 14.7 Å². The molecule has 1 saturated heterocycles. The van der Waals surface area contributed by atoms with Crippen LogP contribution in [0.25, 0.3) is 0 Å². The summed E-state index contributed by atoms with van der Waals surface area (Å²) in [5.74, 6) is -4.08. The summed E-state index contributed by atoms with van der Waals surface area (Å²) in [6.07, 6.45) is -1.42. The predicted molar refractivity (Wildman–Crippen MR) is 136 cm³/mol. The second kappa shape index (κ2) is 10.4. The largest absolute Gasteiger partial charge is 0.446 e. The first kappa shape index (κ1) is 27.9. The van der Waals surface area contributed by atoms with Gasteiger partial charge < -0.3 is 20.3 Å². The van der Waals surface area contributed by atoms with Gasteiger partial charge in [-0.05, 0) is 64.0 Å². The van der Waals surface area contributed by atoms with Crippen LogP contribution in [0.2, 0.25) is 0 Å². The Kier molecular flexibility index (Phi) is 7.26. The molecule has 1 aromatic carbocycles. The lowest BCUT2D eigenvalue weighted by Gasteiger charge is -2.23. The summed E-state index contributed by atoms with van der Waals surface area (Å²) < 4.78 is 62.6. The van der Waals surface area contributed by atoms with Crippen molar-refractivity contribution in [2.75, 3.05) is 16.8 Å². The SMILES string of the molecule is CC(C(=O)Nc1cc([C@H]2CC[C@H](OC(=O)NC3(C)CC3)C2)[nH]n1)c1ccc(N2CCCC2=O)c(F)c1C(F)(F)F. The van der Waals surface area contributed by atoms with Crippen LogP contribution in [0.5, 0.6) is 0 Å². The average Bonchev–Trinajstić information content (AvgIpc) is 3.28. The van der Waals surface area contributed by atoms with Crippen LogP contribution in [0.4, 0.5) is 33.9 Å². The van der Waals surface area contributed by atoms with Gasteiger partial charge in [-0.1, -0.05) is 6.07 Å². The molecule has 0 bridgehead atoms. The number of rotatable bonds is 7. The van der Waals surface area contributed by atoms with Crippen LogP contribution in [0, 0.1) is 5.82 Å². The van der Waals surface area contributed by atoms with Crippen molar-refractivity contribution in [1.29, 1.82) is 0 Å². The third-order valence-corrected chi connectivity index (χ3v) is 8.01. The number of carbonyl (C=O) groups excluding carboxylic acids is 3. The highest BCUT2D eigenvalue weighted by molar-refractivity contribution is 5.97. The molecule has 0 radical (unpaired) electrons. The molecule has 5 rings (SSSR count). The van der Waals surface area contributed by atoms with E-state index in [1.54, 1.807) is 6.07 Å². The van der Waals surface area contributed by atoms with E-state index in [9.17, 15) is 27.6 Å². The van der Waals surface area contributed by atoms with Crippen LogP contribution in [0.15, 0.2) is 18.2 Å². The lowest BCUT2D eigenvalue weighted by Crippen LogP contribution is -2.36. The first-order valence-corrected chi connectivity index (χ1v) is 13.4. The number of hydrogen-bond donors (Lipinski definition) is 3. The zero-order valence-corrected chi connectivity index (χ0v) is 22.2. The molecule has 2 aromatic rings. The minimum atomic E-state index is -5.08. The molecule has 0 spiro atoms. The van der Waals surface area contributed by atoms with Gasteiger partial charge in [-0.25, -0.2) is 9.18 Å². The third-order valence-electron chi connectivity index (χ3n) is 8.01. The number of alkyl halides is 3. The number of hydrogen-bond acceptors (Lipinski definition) is 5. The number of carbonyl (C=O) groups is 3. The Bertz CT molecular complexity index is 1320. The maximum absolute atomic E-state index is 15.2. The minimum Gasteiger partial charge on any atom is -0.446 e. The van der Waals surface area contributed by atoms with E-state index in [-0.39, 0.29) is 36.3 Å². The number of H-pyrrole nitrogens is 1. The molecule has 2 aliphatic carbocycles. The lowest BCUT2D eigenvalue weighted by atomic mass is 9.93. The van der Waals surface area contributed by atoms with Crippen molar-refractivity contribution in [3.63, 3.8) is 0 Å². The number of alkyl carbamates (subject to hydrolysis) is 1. The molecule has 13 heteroatoms. The average molecular weight is 566 g/mol. The fraction of sp³-hybridized carbons (Fsp3) is 0.556. The summed E-state index contributed by atoms with van der Waals surface area (Å²) in [7, 11) is 0. The van der Waals surface area contributed by atoms with Crippen LogP contribution in [-0.4, -0.2) is 46.3 Å². The summed E-state index contributed by atoms with van der Waals surface area (Å²) in [5.41, 5.74) is -2.02. The Balaban J connectivity index is 1.24. The Labute approximate surface area is 228 Å². The van der Waals surface area contributed by atoms with Gasteiger partial charge in [0.15, 0.2) is 11.6 Å². The summed E-state index contributed by atoms with van der Waals surface area (Å²) >= 11 is 0. The molecule has 3 N–H and O–H groups in total.